The molecular weight excluding hydrogens is 274 g/mol. The Morgan fingerprint density at radius 2 is 1.86 bits per heavy atom. The second-order valence-corrected chi connectivity index (χ2v) is 6.27. The molecule has 1 aromatic carbocycles. The van der Waals surface area contributed by atoms with E-state index in [1.54, 1.807) is 0 Å². The Labute approximate surface area is 124 Å². The Hall–Kier alpha value is -1.16. The van der Waals surface area contributed by atoms with Gasteiger partial charge in [0.2, 0.25) is 5.82 Å². The van der Waals surface area contributed by atoms with Crippen LogP contribution in [0.1, 0.15) is 32.1 Å². The molecule has 1 aliphatic carbocycles. The van der Waals surface area contributed by atoms with Gasteiger partial charge in [0.1, 0.15) is 0 Å². The average molecular weight is 296 g/mol. The van der Waals surface area contributed by atoms with Gasteiger partial charge in [-0.05, 0) is 62.0 Å². The van der Waals surface area contributed by atoms with Gasteiger partial charge < -0.3 is 9.47 Å². The minimum Gasteiger partial charge on any atom is -0.490 e. The van der Waals surface area contributed by atoms with Crippen molar-refractivity contribution in [3.8, 4) is 5.75 Å². The minimum atomic E-state index is -0.880. The van der Waals surface area contributed by atoms with Gasteiger partial charge in [0.05, 0.1) is 6.61 Å². The lowest BCUT2D eigenvalue weighted by atomic mass is 9.76. The second kappa shape index (κ2) is 6.73. The molecule has 116 valence electrons. The van der Waals surface area contributed by atoms with E-state index < -0.39 is 11.6 Å². The molecule has 0 spiro atoms. The fourth-order valence-corrected chi connectivity index (χ4v) is 3.55. The molecule has 0 bridgehead atoms. The van der Waals surface area contributed by atoms with Crippen molar-refractivity contribution in [3.05, 3.63) is 29.8 Å². The molecule has 2 fully saturated rings. The fourth-order valence-electron chi connectivity index (χ4n) is 3.55. The van der Waals surface area contributed by atoms with E-state index >= 15 is 0 Å². The van der Waals surface area contributed by atoms with Gasteiger partial charge in [0.15, 0.2) is 11.6 Å². The predicted octanol–water partition coefficient (Wildman–Crippen LogP) is 4.19. The molecule has 1 atom stereocenters. The van der Waals surface area contributed by atoms with Crippen LogP contribution in [-0.4, -0.2) is 19.8 Å². The highest BCUT2D eigenvalue weighted by atomic mass is 19.2. The van der Waals surface area contributed by atoms with E-state index in [1.165, 1.54) is 31.4 Å². The Morgan fingerprint density at radius 3 is 2.57 bits per heavy atom. The molecule has 1 saturated carbocycles. The van der Waals surface area contributed by atoms with Crippen LogP contribution in [0.25, 0.3) is 0 Å². The number of hydrogen-bond donors (Lipinski definition) is 0. The molecule has 2 nitrogen and oxygen atoms in total. The summed E-state index contributed by atoms with van der Waals surface area (Å²) in [5, 5.41) is 0. The lowest BCUT2D eigenvalue weighted by Gasteiger charge is -2.31. The van der Waals surface area contributed by atoms with E-state index in [1.807, 2.05) is 0 Å². The van der Waals surface area contributed by atoms with Gasteiger partial charge in [-0.25, -0.2) is 4.39 Å². The monoisotopic (exact) mass is 296 g/mol. The molecule has 4 heteroatoms. The van der Waals surface area contributed by atoms with Gasteiger partial charge in [-0.15, -0.1) is 0 Å². The number of halogens is 2. The standard InChI is InChI=1S/C17H22F2O2/c18-15-2-1-3-16(17(15)19)21-10-12-4-6-13(7-5-12)14-8-9-20-11-14/h1-3,12-14H,4-11H2. The summed E-state index contributed by atoms with van der Waals surface area (Å²) in [4.78, 5) is 0. The first-order chi connectivity index (χ1) is 10.2. The Kier molecular flexibility index (Phi) is 4.73. The lowest BCUT2D eigenvalue weighted by molar-refractivity contribution is 0.131. The smallest absolute Gasteiger partial charge is 0.200 e. The van der Waals surface area contributed by atoms with Crippen molar-refractivity contribution < 1.29 is 18.3 Å². The fraction of sp³-hybridized carbons (Fsp3) is 0.647. The zero-order chi connectivity index (χ0) is 14.7. The van der Waals surface area contributed by atoms with E-state index in [9.17, 15) is 8.78 Å². The van der Waals surface area contributed by atoms with Crippen LogP contribution in [-0.2, 0) is 4.74 Å². The topological polar surface area (TPSA) is 18.5 Å². The highest BCUT2D eigenvalue weighted by Gasteiger charge is 2.30. The number of benzene rings is 1. The van der Waals surface area contributed by atoms with Crippen molar-refractivity contribution in [1.82, 2.24) is 0 Å². The molecule has 1 aliphatic heterocycles. The number of rotatable bonds is 4. The highest BCUT2D eigenvalue weighted by molar-refractivity contribution is 5.25. The van der Waals surface area contributed by atoms with Crippen LogP contribution in [0.2, 0.25) is 0 Å². The van der Waals surface area contributed by atoms with Crippen LogP contribution in [0.15, 0.2) is 18.2 Å². The molecule has 0 aromatic heterocycles. The summed E-state index contributed by atoms with van der Waals surface area (Å²) in [5.74, 6) is 0.251. The van der Waals surface area contributed by atoms with Crippen molar-refractivity contribution in [2.24, 2.45) is 17.8 Å². The van der Waals surface area contributed by atoms with Crippen LogP contribution >= 0.6 is 0 Å². The molecule has 0 N–H and O–H groups in total. The second-order valence-electron chi connectivity index (χ2n) is 6.27. The summed E-state index contributed by atoms with van der Waals surface area (Å²) < 4.78 is 37.6. The molecule has 1 unspecified atom stereocenters. The van der Waals surface area contributed by atoms with Crippen LogP contribution < -0.4 is 4.74 Å². The van der Waals surface area contributed by atoms with Crippen molar-refractivity contribution >= 4 is 0 Å². The lowest BCUT2D eigenvalue weighted by Crippen LogP contribution is -2.25. The first-order valence-corrected chi connectivity index (χ1v) is 7.88. The maximum absolute atomic E-state index is 13.5. The summed E-state index contributed by atoms with van der Waals surface area (Å²) in [7, 11) is 0. The zero-order valence-corrected chi connectivity index (χ0v) is 12.2. The normalized spacial score (nSPS) is 29.5. The molecule has 1 aromatic rings. The predicted molar refractivity (Wildman–Crippen MR) is 76.2 cm³/mol. The van der Waals surface area contributed by atoms with Crippen molar-refractivity contribution in [1.29, 1.82) is 0 Å². The summed E-state index contributed by atoms with van der Waals surface area (Å²) in [6.07, 6.45) is 5.82. The van der Waals surface area contributed by atoms with Crippen LogP contribution in [0.5, 0.6) is 5.75 Å². The summed E-state index contributed by atoms with van der Waals surface area (Å²) >= 11 is 0. The maximum atomic E-state index is 13.5. The summed E-state index contributed by atoms with van der Waals surface area (Å²) in [6, 6.07) is 4.07. The van der Waals surface area contributed by atoms with Gasteiger partial charge in [-0.2, -0.15) is 4.39 Å². The molecule has 2 aliphatic rings. The molecule has 1 saturated heterocycles. The quantitative estimate of drug-likeness (QED) is 0.829. The Balaban J connectivity index is 1.46. The zero-order valence-electron chi connectivity index (χ0n) is 12.2. The molecule has 0 amide bonds. The molecule has 0 radical (unpaired) electrons. The minimum absolute atomic E-state index is 0.0290. The Morgan fingerprint density at radius 1 is 1.05 bits per heavy atom. The Bertz CT molecular complexity index is 464. The third kappa shape index (κ3) is 3.54. The van der Waals surface area contributed by atoms with Gasteiger partial charge in [0.25, 0.3) is 0 Å². The molecule has 1 heterocycles. The van der Waals surface area contributed by atoms with E-state index in [-0.39, 0.29) is 5.75 Å². The third-order valence-corrected chi connectivity index (χ3v) is 4.91. The van der Waals surface area contributed by atoms with Crippen LogP contribution in [0, 0.1) is 29.4 Å². The van der Waals surface area contributed by atoms with Crippen molar-refractivity contribution in [2.45, 2.75) is 32.1 Å². The van der Waals surface area contributed by atoms with Crippen LogP contribution in [0.4, 0.5) is 8.78 Å². The van der Waals surface area contributed by atoms with E-state index in [0.29, 0.717) is 12.5 Å². The van der Waals surface area contributed by atoms with Gasteiger partial charge in [-0.1, -0.05) is 6.07 Å². The maximum Gasteiger partial charge on any atom is 0.200 e. The van der Waals surface area contributed by atoms with Gasteiger partial charge in [-0.3, -0.25) is 0 Å². The first-order valence-electron chi connectivity index (χ1n) is 7.88. The highest BCUT2D eigenvalue weighted by Crippen LogP contribution is 2.37. The summed E-state index contributed by atoms with van der Waals surface area (Å²) in [6.45, 7) is 2.31. The number of ether oxygens (including phenoxy) is 2. The van der Waals surface area contributed by atoms with Crippen LogP contribution in [0.3, 0.4) is 0 Å². The third-order valence-electron chi connectivity index (χ3n) is 4.91. The van der Waals surface area contributed by atoms with E-state index in [4.69, 9.17) is 9.47 Å². The molecule has 21 heavy (non-hydrogen) atoms. The largest absolute Gasteiger partial charge is 0.490 e. The first kappa shape index (κ1) is 14.8. The van der Waals surface area contributed by atoms with Crippen molar-refractivity contribution in [2.75, 3.05) is 19.8 Å². The van der Waals surface area contributed by atoms with Crippen molar-refractivity contribution in [3.63, 3.8) is 0 Å². The average Bonchev–Trinajstić information content (AvgIpc) is 3.04. The summed E-state index contributed by atoms with van der Waals surface area (Å²) in [5.41, 5.74) is 0. The van der Waals surface area contributed by atoms with Gasteiger partial charge in [0, 0.05) is 13.2 Å². The molecule has 3 rings (SSSR count). The van der Waals surface area contributed by atoms with E-state index in [0.717, 1.165) is 44.0 Å². The SMILES string of the molecule is Fc1cccc(OCC2CCC(C3CCOC3)CC2)c1F. The molecular formula is C17H22F2O2. The number of hydrogen-bond acceptors (Lipinski definition) is 2. The van der Waals surface area contributed by atoms with E-state index in [2.05, 4.69) is 0 Å². The van der Waals surface area contributed by atoms with Gasteiger partial charge >= 0.3 is 0 Å².